The summed E-state index contributed by atoms with van der Waals surface area (Å²) in [5, 5.41) is 0. The van der Waals surface area contributed by atoms with Gasteiger partial charge in [-0.2, -0.15) is 0 Å². The molecular weight excluding hydrogens is 348 g/mol. The van der Waals surface area contributed by atoms with Crippen LogP contribution in [-0.2, 0) is 6.54 Å². The zero-order chi connectivity index (χ0) is 20.1. The molecule has 0 saturated carbocycles. The molecule has 0 N–H and O–H groups in total. The first kappa shape index (κ1) is 19.5. The second-order valence-corrected chi connectivity index (χ2v) is 6.89. The largest absolute Gasteiger partial charge is 0.336 e. The molecule has 0 aliphatic carbocycles. The molecule has 5 nitrogen and oxygen atoms in total. The van der Waals surface area contributed by atoms with E-state index in [1.54, 1.807) is 18.0 Å². The van der Waals surface area contributed by atoms with Gasteiger partial charge in [0.25, 0.3) is 5.91 Å². The van der Waals surface area contributed by atoms with Crippen molar-refractivity contribution in [1.29, 1.82) is 0 Å². The lowest BCUT2D eigenvalue weighted by Crippen LogP contribution is -2.28. The minimum Gasteiger partial charge on any atom is -0.336 e. The quantitative estimate of drug-likeness (QED) is 0.636. The Morgan fingerprint density at radius 2 is 1.71 bits per heavy atom. The predicted octanol–water partition coefficient (Wildman–Crippen LogP) is 4.52. The average Bonchev–Trinajstić information content (AvgIpc) is 2.68. The summed E-state index contributed by atoms with van der Waals surface area (Å²) in [6.45, 7) is 7.24. The molecule has 1 heterocycles. The molecule has 5 heteroatoms. The van der Waals surface area contributed by atoms with Gasteiger partial charge < -0.3 is 9.80 Å². The lowest BCUT2D eigenvalue weighted by molar-refractivity contribution is 0.0779. The number of amides is 1. The van der Waals surface area contributed by atoms with Crippen LogP contribution >= 0.6 is 0 Å². The Kier molecular flexibility index (Phi) is 6.04. The highest BCUT2D eigenvalue weighted by Gasteiger charge is 2.18. The van der Waals surface area contributed by atoms with Crippen molar-refractivity contribution in [2.75, 3.05) is 18.5 Å². The zero-order valence-corrected chi connectivity index (χ0v) is 16.9. The monoisotopic (exact) mass is 374 g/mol. The highest BCUT2D eigenvalue weighted by atomic mass is 16.2. The molecule has 2 aromatic carbocycles. The number of rotatable bonds is 6. The Bertz CT molecular complexity index is 956. The maximum Gasteiger partial charge on any atom is 0.272 e. The molecule has 0 bridgehead atoms. The van der Waals surface area contributed by atoms with Gasteiger partial charge in [0.2, 0.25) is 0 Å². The first-order valence-electron chi connectivity index (χ1n) is 9.47. The van der Waals surface area contributed by atoms with Gasteiger partial charge in [0.15, 0.2) is 0 Å². The molecule has 1 aromatic heterocycles. The standard InChI is InChI=1S/C23H26N4O/c1-5-27(20-13-9-10-17(2)14-20)22-15-21(24-18(3)25-22)23(28)26(4)16-19-11-7-6-8-12-19/h6-15H,5,16H2,1-4H3. The van der Waals surface area contributed by atoms with Crippen molar-refractivity contribution in [3.8, 4) is 0 Å². The van der Waals surface area contributed by atoms with Gasteiger partial charge >= 0.3 is 0 Å². The van der Waals surface area contributed by atoms with Crippen LogP contribution in [0.2, 0.25) is 0 Å². The van der Waals surface area contributed by atoms with Crippen molar-refractivity contribution in [3.05, 3.63) is 83.3 Å². The van der Waals surface area contributed by atoms with E-state index in [1.807, 2.05) is 43.3 Å². The van der Waals surface area contributed by atoms with Crippen LogP contribution in [0, 0.1) is 13.8 Å². The van der Waals surface area contributed by atoms with Crippen molar-refractivity contribution in [3.63, 3.8) is 0 Å². The molecule has 0 radical (unpaired) electrons. The number of carbonyl (C=O) groups excluding carboxylic acids is 1. The first-order valence-corrected chi connectivity index (χ1v) is 9.47. The third-order valence-corrected chi connectivity index (χ3v) is 4.56. The number of nitrogens with zero attached hydrogens (tertiary/aromatic N) is 4. The fraction of sp³-hybridized carbons (Fsp3) is 0.261. The molecule has 3 rings (SSSR count). The first-order chi connectivity index (χ1) is 13.5. The summed E-state index contributed by atoms with van der Waals surface area (Å²) in [4.78, 5) is 25.7. The minimum atomic E-state index is -0.115. The van der Waals surface area contributed by atoms with Crippen LogP contribution in [0.15, 0.2) is 60.7 Å². The second-order valence-electron chi connectivity index (χ2n) is 6.89. The lowest BCUT2D eigenvalue weighted by Gasteiger charge is -2.24. The third kappa shape index (κ3) is 4.55. The normalized spacial score (nSPS) is 10.6. The molecule has 1 amide bonds. The average molecular weight is 374 g/mol. The van der Waals surface area contributed by atoms with Crippen LogP contribution < -0.4 is 4.90 Å². The Morgan fingerprint density at radius 3 is 2.39 bits per heavy atom. The van der Waals surface area contributed by atoms with E-state index in [4.69, 9.17) is 0 Å². The zero-order valence-electron chi connectivity index (χ0n) is 16.9. The summed E-state index contributed by atoms with van der Waals surface area (Å²) >= 11 is 0. The van der Waals surface area contributed by atoms with Gasteiger partial charge in [-0.3, -0.25) is 4.79 Å². The van der Waals surface area contributed by atoms with Gasteiger partial charge in [-0.15, -0.1) is 0 Å². The van der Waals surface area contributed by atoms with Crippen molar-refractivity contribution in [1.82, 2.24) is 14.9 Å². The molecule has 144 valence electrons. The molecule has 0 fully saturated rings. The maximum absolute atomic E-state index is 13.0. The van der Waals surface area contributed by atoms with Crippen LogP contribution in [0.4, 0.5) is 11.5 Å². The van der Waals surface area contributed by atoms with Gasteiger partial charge in [0, 0.05) is 31.9 Å². The number of hydrogen-bond acceptors (Lipinski definition) is 4. The summed E-state index contributed by atoms with van der Waals surface area (Å²) in [6.07, 6.45) is 0. The highest BCUT2D eigenvalue weighted by molar-refractivity contribution is 5.93. The summed E-state index contributed by atoms with van der Waals surface area (Å²) in [7, 11) is 1.80. The second kappa shape index (κ2) is 8.65. The van der Waals surface area contributed by atoms with E-state index in [2.05, 4.69) is 46.9 Å². The van der Waals surface area contributed by atoms with Crippen molar-refractivity contribution >= 4 is 17.4 Å². The van der Waals surface area contributed by atoms with Gasteiger partial charge in [0.1, 0.15) is 17.3 Å². The molecule has 0 aliphatic heterocycles. The van der Waals surface area contributed by atoms with E-state index in [9.17, 15) is 4.79 Å². The summed E-state index contributed by atoms with van der Waals surface area (Å²) in [5.74, 6) is 1.20. The van der Waals surface area contributed by atoms with Crippen molar-refractivity contribution < 1.29 is 4.79 Å². The van der Waals surface area contributed by atoms with Gasteiger partial charge in [-0.05, 0) is 44.0 Å². The van der Waals surface area contributed by atoms with E-state index >= 15 is 0 Å². The summed E-state index contributed by atoms with van der Waals surface area (Å²) < 4.78 is 0. The van der Waals surface area contributed by atoms with E-state index in [-0.39, 0.29) is 5.91 Å². The number of aromatic nitrogens is 2. The Hall–Kier alpha value is -3.21. The Labute approximate surface area is 166 Å². The number of aryl methyl sites for hydroxylation is 2. The Balaban J connectivity index is 1.88. The number of benzene rings is 2. The SMILES string of the molecule is CCN(c1cccc(C)c1)c1cc(C(=O)N(C)Cc2ccccc2)nc(C)n1. The minimum absolute atomic E-state index is 0.115. The highest BCUT2D eigenvalue weighted by Crippen LogP contribution is 2.25. The maximum atomic E-state index is 13.0. The van der Waals surface area contributed by atoms with E-state index < -0.39 is 0 Å². The van der Waals surface area contributed by atoms with E-state index in [1.165, 1.54) is 5.56 Å². The molecule has 0 saturated heterocycles. The third-order valence-electron chi connectivity index (χ3n) is 4.56. The van der Waals surface area contributed by atoms with Crippen LogP contribution in [0.25, 0.3) is 0 Å². The topological polar surface area (TPSA) is 49.3 Å². The molecule has 0 atom stereocenters. The number of hydrogen-bond donors (Lipinski definition) is 0. The summed E-state index contributed by atoms with van der Waals surface area (Å²) in [6, 6.07) is 20.0. The molecule has 0 spiro atoms. The number of anilines is 2. The fourth-order valence-electron chi connectivity index (χ4n) is 3.20. The van der Waals surface area contributed by atoms with Gasteiger partial charge in [0.05, 0.1) is 0 Å². The van der Waals surface area contributed by atoms with Gasteiger partial charge in [-0.25, -0.2) is 9.97 Å². The molecule has 3 aromatic rings. The summed E-state index contributed by atoms with van der Waals surface area (Å²) in [5.41, 5.74) is 3.73. The smallest absolute Gasteiger partial charge is 0.272 e. The van der Waals surface area contributed by atoms with Crippen LogP contribution in [0.3, 0.4) is 0 Å². The van der Waals surface area contributed by atoms with Crippen molar-refractivity contribution in [2.45, 2.75) is 27.3 Å². The molecule has 28 heavy (non-hydrogen) atoms. The Morgan fingerprint density at radius 1 is 0.964 bits per heavy atom. The van der Waals surface area contributed by atoms with Crippen molar-refractivity contribution in [2.24, 2.45) is 0 Å². The van der Waals surface area contributed by atoms with E-state index in [0.29, 0.717) is 18.1 Å². The lowest BCUT2D eigenvalue weighted by atomic mass is 10.2. The van der Waals surface area contributed by atoms with Crippen LogP contribution in [-0.4, -0.2) is 34.4 Å². The van der Waals surface area contributed by atoms with Crippen LogP contribution in [0.5, 0.6) is 0 Å². The number of carbonyl (C=O) groups is 1. The molecular formula is C23H26N4O. The van der Waals surface area contributed by atoms with Gasteiger partial charge in [-0.1, -0.05) is 42.5 Å². The molecule has 0 unspecified atom stereocenters. The predicted molar refractivity (Wildman–Crippen MR) is 113 cm³/mol. The van der Waals surface area contributed by atoms with E-state index in [0.717, 1.165) is 23.6 Å². The molecule has 0 aliphatic rings. The van der Waals surface area contributed by atoms with Crippen LogP contribution in [0.1, 0.15) is 34.4 Å². The fourth-order valence-corrected chi connectivity index (χ4v) is 3.20.